The molecule has 1 atom stereocenters. The van der Waals surface area contributed by atoms with Gasteiger partial charge >= 0.3 is 5.97 Å². The summed E-state index contributed by atoms with van der Waals surface area (Å²) in [5.74, 6) is 0.622. The van der Waals surface area contributed by atoms with Crippen molar-refractivity contribution in [2.75, 3.05) is 44.4 Å². The van der Waals surface area contributed by atoms with Crippen LogP contribution in [0.2, 0.25) is 0 Å². The topological polar surface area (TPSA) is 83.0 Å². The van der Waals surface area contributed by atoms with Gasteiger partial charge < -0.3 is 19.6 Å². The van der Waals surface area contributed by atoms with Crippen molar-refractivity contribution in [2.45, 2.75) is 18.1 Å². The van der Waals surface area contributed by atoms with Crippen LogP contribution >= 0.6 is 24.0 Å². The summed E-state index contributed by atoms with van der Waals surface area (Å²) in [4.78, 5) is 31.6. The molecule has 0 radical (unpaired) electrons. The molecule has 1 unspecified atom stereocenters. The van der Waals surface area contributed by atoms with Gasteiger partial charge in [-0.2, -0.15) is 11.8 Å². The fraction of sp³-hybridized carbons (Fsp3) is 0.391. The number of hydrogen-bond donors (Lipinski definition) is 1. The van der Waals surface area contributed by atoms with Crippen LogP contribution < -0.4 is 9.64 Å². The van der Waals surface area contributed by atoms with Crippen molar-refractivity contribution in [2.24, 2.45) is 0 Å². The molecule has 0 saturated carbocycles. The third-order valence-corrected chi connectivity index (χ3v) is 5.93. The van der Waals surface area contributed by atoms with Crippen molar-refractivity contribution in [1.29, 1.82) is 0 Å². The zero-order valence-electron chi connectivity index (χ0n) is 18.3. The van der Waals surface area contributed by atoms with Crippen molar-refractivity contribution in [3.05, 3.63) is 54.2 Å². The quantitative estimate of drug-likeness (QED) is 0.417. The molecule has 0 aliphatic heterocycles. The Labute approximate surface area is 198 Å². The number of aromatic nitrogens is 1. The Kier molecular flexibility index (Phi) is 11.0. The van der Waals surface area contributed by atoms with Gasteiger partial charge in [0, 0.05) is 26.3 Å². The van der Waals surface area contributed by atoms with Gasteiger partial charge in [-0.15, -0.1) is 0 Å². The van der Waals surface area contributed by atoms with E-state index in [0.717, 1.165) is 17.1 Å². The number of benzene rings is 1. The van der Waals surface area contributed by atoms with Gasteiger partial charge in [0.15, 0.2) is 0 Å². The second-order valence-corrected chi connectivity index (χ2v) is 8.50. The van der Waals surface area contributed by atoms with Crippen LogP contribution in [0.3, 0.4) is 0 Å². The number of anilines is 1. The second kappa shape index (κ2) is 13.7. The Balaban J connectivity index is 1.88. The van der Waals surface area contributed by atoms with Crippen molar-refractivity contribution >= 4 is 47.0 Å². The van der Waals surface area contributed by atoms with Gasteiger partial charge in [0.1, 0.15) is 18.2 Å². The maximum absolute atomic E-state index is 12.9. The molecule has 0 saturated heterocycles. The summed E-state index contributed by atoms with van der Waals surface area (Å²) in [5, 5.41) is 10.1. The van der Waals surface area contributed by atoms with Crippen LogP contribution in [-0.2, 0) is 16.0 Å². The Morgan fingerprint density at radius 1 is 1.22 bits per heavy atom. The Hall–Kier alpha value is -2.65. The average molecular weight is 476 g/mol. The van der Waals surface area contributed by atoms with Crippen LogP contribution in [-0.4, -0.2) is 77.0 Å². The molecule has 1 N–H and O–H groups in total. The molecule has 1 heterocycles. The molecule has 9 heteroatoms. The number of thiocarbonyl (C=S) groups is 1. The minimum absolute atomic E-state index is 0.0993. The molecule has 1 aromatic carbocycles. The number of amides is 1. The number of carboxylic acid groups (broad SMARTS) is 1. The van der Waals surface area contributed by atoms with Crippen LogP contribution in [0, 0.1) is 0 Å². The lowest BCUT2D eigenvalue weighted by Gasteiger charge is -2.25. The molecule has 0 aliphatic carbocycles. The van der Waals surface area contributed by atoms with E-state index in [2.05, 4.69) is 4.98 Å². The number of hydrogen-bond acceptors (Lipinski definition) is 7. The second-order valence-electron chi connectivity index (χ2n) is 7.13. The van der Waals surface area contributed by atoms with Crippen molar-refractivity contribution in [1.82, 2.24) is 9.88 Å². The number of likely N-dealkylation sites (N-methyl/N-ethyl adjacent to an activating group) is 1. The summed E-state index contributed by atoms with van der Waals surface area (Å²) in [6, 6.07) is 13.5. The molecule has 32 heavy (non-hydrogen) atoms. The van der Waals surface area contributed by atoms with E-state index in [4.69, 9.17) is 22.1 Å². The molecule has 0 fully saturated rings. The number of ether oxygens (including phenoxy) is 1. The minimum Gasteiger partial charge on any atom is -0.492 e. The first-order valence-electron chi connectivity index (χ1n) is 10.3. The lowest BCUT2D eigenvalue weighted by molar-refractivity contribution is -0.138. The van der Waals surface area contributed by atoms with Gasteiger partial charge in [-0.05, 0) is 47.9 Å². The van der Waals surface area contributed by atoms with E-state index in [1.54, 1.807) is 6.20 Å². The van der Waals surface area contributed by atoms with Crippen molar-refractivity contribution in [3.63, 3.8) is 0 Å². The number of thioether (sulfide) groups is 1. The van der Waals surface area contributed by atoms with Crippen LogP contribution in [0.25, 0.3) is 0 Å². The highest BCUT2D eigenvalue weighted by Crippen LogP contribution is 2.20. The standard InChI is InChI=1S/C23H29N3O4S2/c1-25(21-5-3-4-11-24-21)13-15-30-19-8-6-18(7-9-19)17-20(32-2)23(29)26(14-16-31)12-10-22(27)28/h3-9,11,16,20H,10,12-15,17H2,1-2H3,(H,27,28). The van der Waals surface area contributed by atoms with E-state index in [9.17, 15) is 9.59 Å². The van der Waals surface area contributed by atoms with Crippen molar-refractivity contribution < 1.29 is 19.4 Å². The summed E-state index contributed by atoms with van der Waals surface area (Å²) in [6.45, 7) is 1.64. The zero-order valence-corrected chi connectivity index (χ0v) is 20.0. The predicted octanol–water partition coefficient (Wildman–Crippen LogP) is 3.17. The fourth-order valence-corrected chi connectivity index (χ4v) is 3.91. The lowest BCUT2D eigenvalue weighted by Crippen LogP contribution is -2.40. The molecular formula is C23H29N3O4S2. The van der Waals surface area contributed by atoms with Gasteiger partial charge in [0.25, 0.3) is 0 Å². The lowest BCUT2D eigenvalue weighted by atomic mass is 10.1. The summed E-state index contributed by atoms with van der Waals surface area (Å²) < 4.78 is 5.84. The van der Waals surface area contributed by atoms with Gasteiger partial charge in [0.2, 0.25) is 5.91 Å². The van der Waals surface area contributed by atoms with Crippen LogP contribution in [0.1, 0.15) is 12.0 Å². The number of carbonyl (C=O) groups is 2. The number of carbonyl (C=O) groups excluding carboxylic acids is 1. The predicted molar refractivity (Wildman–Crippen MR) is 133 cm³/mol. The molecule has 1 amide bonds. The number of pyridine rings is 1. The van der Waals surface area contributed by atoms with Gasteiger partial charge in [-0.3, -0.25) is 9.59 Å². The molecule has 7 nitrogen and oxygen atoms in total. The molecular weight excluding hydrogens is 446 g/mol. The average Bonchev–Trinajstić information content (AvgIpc) is 2.81. The molecule has 0 spiro atoms. The minimum atomic E-state index is -0.935. The van der Waals surface area contributed by atoms with Gasteiger partial charge in [-0.1, -0.05) is 30.4 Å². The van der Waals surface area contributed by atoms with Crippen molar-refractivity contribution in [3.8, 4) is 5.75 Å². The fourth-order valence-electron chi connectivity index (χ4n) is 3.02. The third kappa shape index (κ3) is 8.47. The molecule has 0 bridgehead atoms. The third-order valence-electron chi connectivity index (χ3n) is 4.84. The smallest absolute Gasteiger partial charge is 0.305 e. The summed E-state index contributed by atoms with van der Waals surface area (Å²) >= 11 is 6.33. The highest BCUT2D eigenvalue weighted by molar-refractivity contribution is 7.99. The summed E-state index contributed by atoms with van der Waals surface area (Å²) in [5.41, 5.74) is 1.01. The highest BCUT2D eigenvalue weighted by Gasteiger charge is 2.24. The molecule has 0 aliphatic rings. The van der Waals surface area contributed by atoms with E-state index < -0.39 is 5.97 Å². The highest BCUT2D eigenvalue weighted by atomic mass is 32.2. The molecule has 2 aromatic rings. The number of aliphatic carboxylic acids is 1. The van der Waals surface area contributed by atoms with E-state index in [-0.39, 0.29) is 30.7 Å². The van der Waals surface area contributed by atoms with Crippen LogP contribution in [0.5, 0.6) is 5.75 Å². The Morgan fingerprint density at radius 2 is 1.97 bits per heavy atom. The summed E-state index contributed by atoms with van der Waals surface area (Å²) in [6.07, 6.45) is 4.09. The maximum atomic E-state index is 12.9. The first-order chi connectivity index (χ1) is 15.4. The van der Waals surface area contributed by atoms with E-state index in [0.29, 0.717) is 19.6 Å². The Morgan fingerprint density at radius 3 is 2.56 bits per heavy atom. The zero-order chi connectivity index (χ0) is 23.3. The SMILES string of the molecule is CSC(Cc1ccc(OCCN(C)c2ccccn2)cc1)C(=O)N(CC=S)CCC(=O)O. The van der Waals surface area contributed by atoms with E-state index >= 15 is 0 Å². The Bertz CT molecular complexity index is 865. The number of nitrogens with zero attached hydrogens (tertiary/aromatic N) is 3. The maximum Gasteiger partial charge on any atom is 0.305 e. The largest absolute Gasteiger partial charge is 0.492 e. The van der Waals surface area contributed by atoms with E-state index in [1.807, 2.05) is 60.7 Å². The van der Waals surface area contributed by atoms with E-state index in [1.165, 1.54) is 22.0 Å². The number of rotatable bonds is 14. The molecule has 2 rings (SSSR count). The summed E-state index contributed by atoms with van der Waals surface area (Å²) in [7, 11) is 1.97. The molecule has 172 valence electrons. The van der Waals surface area contributed by atoms with Crippen LogP contribution in [0.4, 0.5) is 5.82 Å². The van der Waals surface area contributed by atoms with Gasteiger partial charge in [0.05, 0.1) is 18.2 Å². The molecule has 1 aromatic heterocycles. The normalized spacial score (nSPS) is 11.4. The number of carboxylic acids is 1. The first-order valence-corrected chi connectivity index (χ1v) is 12.0. The first kappa shape index (κ1) is 25.6. The van der Waals surface area contributed by atoms with Gasteiger partial charge in [-0.25, -0.2) is 4.98 Å². The monoisotopic (exact) mass is 475 g/mol. The van der Waals surface area contributed by atoms with Crippen LogP contribution in [0.15, 0.2) is 48.7 Å².